The predicted molar refractivity (Wildman–Crippen MR) is 71.0 cm³/mol. The highest BCUT2D eigenvalue weighted by atomic mass is 35.5. The molecule has 0 saturated heterocycles. The molecule has 1 saturated carbocycles. The van der Waals surface area contributed by atoms with Crippen molar-refractivity contribution in [1.82, 2.24) is 9.55 Å². The maximum Gasteiger partial charge on any atom is 0.150 e. The number of nitrogens with zero attached hydrogens (tertiary/aromatic N) is 2. The molecule has 96 valence electrons. The van der Waals surface area contributed by atoms with Gasteiger partial charge in [0.15, 0.2) is 5.15 Å². The largest absolute Gasteiger partial charge is 0.333 e. The predicted octanol–water partition coefficient (Wildman–Crippen LogP) is 3.05. The molecule has 4 heteroatoms. The first kappa shape index (κ1) is 12.9. The molecule has 1 fully saturated rings. The van der Waals surface area contributed by atoms with Crippen LogP contribution in [0.5, 0.6) is 0 Å². The summed E-state index contributed by atoms with van der Waals surface area (Å²) in [6.45, 7) is 0.458. The summed E-state index contributed by atoms with van der Waals surface area (Å²) in [4.78, 5) is 4.30. The minimum absolute atomic E-state index is 0.458. The Labute approximate surface area is 108 Å². The average molecular weight is 256 g/mol. The molecule has 3 nitrogen and oxygen atoms in total. The number of hydrogen-bond donors (Lipinski definition) is 1. The van der Waals surface area contributed by atoms with Gasteiger partial charge in [0.1, 0.15) is 5.82 Å². The van der Waals surface area contributed by atoms with Crippen molar-refractivity contribution < 1.29 is 0 Å². The van der Waals surface area contributed by atoms with Crippen LogP contribution in [0.25, 0.3) is 0 Å². The highest BCUT2D eigenvalue weighted by Gasteiger charge is 2.16. The monoisotopic (exact) mass is 255 g/mol. The molecule has 1 aromatic rings. The third-order valence-corrected chi connectivity index (χ3v) is 4.26. The summed E-state index contributed by atoms with van der Waals surface area (Å²) in [5.74, 6) is 1.77. The molecule has 2 N–H and O–H groups in total. The highest BCUT2D eigenvalue weighted by molar-refractivity contribution is 6.30. The van der Waals surface area contributed by atoms with Crippen LogP contribution in [0.15, 0.2) is 0 Å². The van der Waals surface area contributed by atoms with Crippen molar-refractivity contribution in [2.24, 2.45) is 18.7 Å². The topological polar surface area (TPSA) is 43.8 Å². The van der Waals surface area contributed by atoms with E-state index in [2.05, 4.69) is 9.55 Å². The van der Waals surface area contributed by atoms with Gasteiger partial charge in [-0.1, -0.05) is 43.7 Å². The first-order valence-electron chi connectivity index (χ1n) is 6.62. The van der Waals surface area contributed by atoms with E-state index in [1.54, 1.807) is 0 Å². The van der Waals surface area contributed by atoms with Gasteiger partial charge in [-0.2, -0.15) is 0 Å². The van der Waals surface area contributed by atoms with E-state index >= 15 is 0 Å². The van der Waals surface area contributed by atoms with Crippen molar-refractivity contribution >= 4 is 11.6 Å². The third kappa shape index (κ3) is 3.02. The lowest BCUT2D eigenvalue weighted by Gasteiger charge is -2.21. The maximum atomic E-state index is 6.16. The zero-order valence-corrected chi connectivity index (χ0v) is 11.3. The van der Waals surface area contributed by atoms with Crippen LogP contribution in [-0.4, -0.2) is 9.55 Å². The minimum Gasteiger partial charge on any atom is -0.333 e. The second-order valence-electron chi connectivity index (χ2n) is 5.07. The van der Waals surface area contributed by atoms with Gasteiger partial charge in [0.25, 0.3) is 0 Å². The van der Waals surface area contributed by atoms with Crippen molar-refractivity contribution in [2.75, 3.05) is 0 Å². The highest BCUT2D eigenvalue weighted by Crippen LogP contribution is 2.28. The Morgan fingerprint density at radius 3 is 2.65 bits per heavy atom. The summed E-state index contributed by atoms with van der Waals surface area (Å²) in [5.41, 5.74) is 6.78. The van der Waals surface area contributed by atoms with E-state index in [-0.39, 0.29) is 0 Å². The van der Waals surface area contributed by atoms with Crippen LogP contribution in [0.1, 0.15) is 50.0 Å². The quantitative estimate of drug-likeness (QED) is 0.899. The molecule has 17 heavy (non-hydrogen) atoms. The zero-order valence-electron chi connectivity index (χ0n) is 10.6. The van der Waals surface area contributed by atoms with E-state index in [0.29, 0.717) is 11.7 Å². The molecule has 1 aliphatic rings. The van der Waals surface area contributed by atoms with Crippen molar-refractivity contribution in [3.05, 3.63) is 16.7 Å². The molecule has 2 rings (SSSR count). The van der Waals surface area contributed by atoms with Crippen LogP contribution >= 0.6 is 11.6 Å². The summed E-state index contributed by atoms with van der Waals surface area (Å²) in [6.07, 6.45) is 9.27. The van der Waals surface area contributed by atoms with E-state index < -0.39 is 0 Å². The van der Waals surface area contributed by atoms with Gasteiger partial charge in [-0.3, -0.25) is 0 Å². The van der Waals surface area contributed by atoms with Crippen LogP contribution < -0.4 is 5.73 Å². The molecular weight excluding hydrogens is 234 g/mol. The Morgan fingerprint density at radius 1 is 1.35 bits per heavy atom. The number of nitrogens with two attached hydrogens (primary N) is 1. The van der Waals surface area contributed by atoms with Crippen LogP contribution in [-0.2, 0) is 20.0 Å². The smallest absolute Gasteiger partial charge is 0.150 e. The van der Waals surface area contributed by atoms with E-state index in [4.69, 9.17) is 17.3 Å². The Bertz CT molecular complexity index is 367. The molecule has 0 aromatic carbocycles. The lowest BCUT2D eigenvalue weighted by Crippen LogP contribution is -2.10. The number of halogens is 1. The van der Waals surface area contributed by atoms with Gasteiger partial charge in [-0.25, -0.2) is 4.98 Å². The Morgan fingerprint density at radius 2 is 2.06 bits per heavy atom. The molecule has 0 atom stereocenters. The van der Waals surface area contributed by atoms with Gasteiger partial charge < -0.3 is 10.3 Å². The van der Waals surface area contributed by atoms with Gasteiger partial charge in [0, 0.05) is 7.05 Å². The van der Waals surface area contributed by atoms with E-state index in [9.17, 15) is 0 Å². The first-order chi connectivity index (χ1) is 8.22. The normalized spacial score (nSPS) is 17.6. The third-order valence-electron chi connectivity index (χ3n) is 3.95. The van der Waals surface area contributed by atoms with Gasteiger partial charge in [0.05, 0.1) is 12.2 Å². The van der Waals surface area contributed by atoms with Crippen LogP contribution in [0.3, 0.4) is 0 Å². The standard InChI is InChI=1S/C13H22ClN3/c1-17-11(13(14)16-12(17)9-15)8-7-10-5-3-2-4-6-10/h10H,2-9,15H2,1H3. The number of hydrogen-bond acceptors (Lipinski definition) is 2. The Kier molecular flexibility index (Phi) is 4.46. The van der Waals surface area contributed by atoms with Crippen molar-refractivity contribution in [3.63, 3.8) is 0 Å². The summed E-state index contributed by atoms with van der Waals surface area (Å²) in [5, 5.41) is 0.642. The van der Waals surface area contributed by atoms with Crippen LogP contribution in [0.2, 0.25) is 5.15 Å². The van der Waals surface area contributed by atoms with E-state index in [1.807, 2.05) is 7.05 Å². The van der Waals surface area contributed by atoms with Gasteiger partial charge >= 0.3 is 0 Å². The number of aromatic nitrogens is 2. The van der Waals surface area contributed by atoms with Crippen molar-refractivity contribution in [3.8, 4) is 0 Å². The number of rotatable bonds is 4. The van der Waals surface area contributed by atoms with Crippen molar-refractivity contribution in [2.45, 2.75) is 51.5 Å². The molecule has 0 radical (unpaired) electrons. The Hall–Kier alpha value is -0.540. The van der Waals surface area contributed by atoms with Crippen molar-refractivity contribution in [1.29, 1.82) is 0 Å². The Balaban J connectivity index is 1.95. The maximum absolute atomic E-state index is 6.16. The average Bonchev–Trinajstić information content (AvgIpc) is 2.63. The summed E-state index contributed by atoms with van der Waals surface area (Å²) in [7, 11) is 2.01. The lowest BCUT2D eigenvalue weighted by molar-refractivity contribution is 0.337. The SMILES string of the molecule is Cn1c(CN)nc(Cl)c1CCC1CCCCC1. The molecule has 0 unspecified atom stereocenters. The molecule has 0 bridgehead atoms. The molecule has 0 aliphatic heterocycles. The van der Waals surface area contributed by atoms with Gasteiger partial charge in [0.2, 0.25) is 0 Å². The summed E-state index contributed by atoms with van der Waals surface area (Å²) < 4.78 is 2.06. The molecule has 1 heterocycles. The fourth-order valence-corrected chi connectivity index (χ4v) is 3.14. The zero-order chi connectivity index (χ0) is 12.3. The van der Waals surface area contributed by atoms with Crippen LogP contribution in [0, 0.1) is 5.92 Å². The summed E-state index contributed by atoms with van der Waals surface area (Å²) in [6, 6.07) is 0. The van der Waals surface area contributed by atoms with Gasteiger partial charge in [-0.05, 0) is 18.8 Å². The molecule has 1 aliphatic carbocycles. The fourth-order valence-electron chi connectivity index (χ4n) is 2.82. The minimum atomic E-state index is 0.458. The first-order valence-corrected chi connectivity index (χ1v) is 7.00. The second kappa shape index (κ2) is 5.87. The lowest BCUT2D eigenvalue weighted by atomic mass is 9.86. The number of imidazole rings is 1. The molecule has 1 aromatic heterocycles. The van der Waals surface area contributed by atoms with Gasteiger partial charge in [-0.15, -0.1) is 0 Å². The van der Waals surface area contributed by atoms with E-state index in [0.717, 1.165) is 23.9 Å². The van der Waals surface area contributed by atoms with E-state index in [1.165, 1.54) is 38.5 Å². The molecule has 0 spiro atoms. The fraction of sp³-hybridized carbons (Fsp3) is 0.769. The molecular formula is C13H22ClN3. The molecule has 0 amide bonds. The summed E-state index contributed by atoms with van der Waals surface area (Å²) >= 11 is 6.16. The second-order valence-corrected chi connectivity index (χ2v) is 5.43. The van der Waals surface area contributed by atoms with Crippen LogP contribution in [0.4, 0.5) is 0 Å².